The first kappa shape index (κ1) is 14.6. The molecule has 2 heterocycles. The van der Waals surface area contributed by atoms with Crippen LogP contribution in [-0.4, -0.2) is 13.1 Å². The van der Waals surface area contributed by atoms with Crippen LogP contribution in [0, 0.1) is 0 Å². The maximum Gasteiger partial charge on any atom is 0.0784 e. The SMILES string of the molecule is C[Si](C)(C)c1cccc2sc3c(-c4ccccn4)cccc3c12. The van der Waals surface area contributed by atoms with Gasteiger partial charge in [0.25, 0.3) is 0 Å². The van der Waals surface area contributed by atoms with E-state index in [4.69, 9.17) is 0 Å². The third kappa shape index (κ3) is 2.40. The summed E-state index contributed by atoms with van der Waals surface area (Å²) in [5, 5.41) is 4.40. The van der Waals surface area contributed by atoms with Gasteiger partial charge in [-0.2, -0.15) is 0 Å². The fourth-order valence-electron chi connectivity index (χ4n) is 3.20. The second kappa shape index (κ2) is 5.29. The van der Waals surface area contributed by atoms with Gasteiger partial charge in [-0.15, -0.1) is 11.3 Å². The van der Waals surface area contributed by atoms with Crippen molar-refractivity contribution in [3.63, 3.8) is 0 Å². The Morgan fingerprint density at radius 1 is 0.870 bits per heavy atom. The van der Waals surface area contributed by atoms with E-state index >= 15 is 0 Å². The lowest BCUT2D eigenvalue weighted by Crippen LogP contribution is -2.37. The van der Waals surface area contributed by atoms with E-state index in [-0.39, 0.29) is 0 Å². The number of benzene rings is 2. The van der Waals surface area contributed by atoms with E-state index in [9.17, 15) is 0 Å². The van der Waals surface area contributed by atoms with Crippen LogP contribution in [0.5, 0.6) is 0 Å². The van der Waals surface area contributed by atoms with Crippen LogP contribution in [0.1, 0.15) is 0 Å². The summed E-state index contributed by atoms with van der Waals surface area (Å²) in [5.74, 6) is 0. The topological polar surface area (TPSA) is 12.9 Å². The first-order valence-corrected chi connectivity index (χ1v) is 12.2. The van der Waals surface area contributed by atoms with Crippen LogP contribution in [0.4, 0.5) is 0 Å². The molecule has 0 saturated carbocycles. The first-order chi connectivity index (χ1) is 11.1. The fraction of sp³-hybridized carbons (Fsp3) is 0.150. The molecular weight excluding hydrogens is 314 g/mol. The van der Waals surface area contributed by atoms with Gasteiger partial charge >= 0.3 is 0 Å². The zero-order chi connectivity index (χ0) is 16.0. The average molecular weight is 334 g/mol. The zero-order valence-corrected chi connectivity index (χ0v) is 15.4. The molecule has 0 spiro atoms. The lowest BCUT2D eigenvalue weighted by molar-refractivity contribution is 1.33. The highest BCUT2D eigenvalue weighted by atomic mass is 32.1. The van der Waals surface area contributed by atoms with Crippen molar-refractivity contribution in [3.8, 4) is 11.3 Å². The van der Waals surface area contributed by atoms with Crippen molar-refractivity contribution < 1.29 is 0 Å². The molecule has 4 aromatic rings. The molecule has 4 rings (SSSR count). The minimum atomic E-state index is -1.38. The Hall–Kier alpha value is -1.97. The fourth-order valence-corrected chi connectivity index (χ4v) is 6.15. The number of hydrogen-bond donors (Lipinski definition) is 0. The van der Waals surface area contributed by atoms with Gasteiger partial charge in [0.15, 0.2) is 0 Å². The molecule has 0 atom stereocenters. The molecule has 0 N–H and O–H groups in total. The molecule has 23 heavy (non-hydrogen) atoms. The summed E-state index contributed by atoms with van der Waals surface area (Å²) in [7, 11) is -1.38. The van der Waals surface area contributed by atoms with E-state index in [1.807, 2.05) is 23.6 Å². The maximum absolute atomic E-state index is 4.56. The van der Waals surface area contributed by atoms with Crippen LogP contribution in [0.25, 0.3) is 31.4 Å². The highest BCUT2D eigenvalue weighted by Gasteiger charge is 2.22. The van der Waals surface area contributed by atoms with Crippen molar-refractivity contribution in [1.29, 1.82) is 0 Å². The Bertz CT molecular complexity index is 997. The molecule has 0 amide bonds. The summed E-state index contributed by atoms with van der Waals surface area (Å²) < 4.78 is 2.75. The smallest absolute Gasteiger partial charge is 0.0784 e. The summed E-state index contributed by atoms with van der Waals surface area (Å²) in [6.45, 7) is 7.27. The summed E-state index contributed by atoms with van der Waals surface area (Å²) in [6, 6.07) is 19.5. The number of fused-ring (bicyclic) bond motifs is 3. The van der Waals surface area contributed by atoms with Gasteiger partial charge in [-0.05, 0) is 23.6 Å². The molecule has 0 aliphatic heterocycles. The summed E-state index contributed by atoms with van der Waals surface area (Å²) in [5.41, 5.74) is 2.30. The number of hydrogen-bond acceptors (Lipinski definition) is 2. The molecule has 3 heteroatoms. The second-order valence-electron chi connectivity index (χ2n) is 6.93. The molecule has 0 fully saturated rings. The van der Waals surface area contributed by atoms with E-state index < -0.39 is 8.07 Å². The summed E-state index contributed by atoms with van der Waals surface area (Å²) in [4.78, 5) is 4.56. The van der Waals surface area contributed by atoms with Gasteiger partial charge in [0.2, 0.25) is 0 Å². The highest BCUT2D eigenvalue weighted by molar-refractivity contribution is 7.26. The largest absolute Gasteiger partial charge is 0.256 e. The molecule has 0 aliphatic rings. The summed E-state index contributed by atoms with van der Waals surface area (Å²) in [6.07, 6.45) is 1.87. The molecule has 0 radical (unpaired) electrons. The molecule has 2 aromatic heterocycles. The highest BCUT2D eigenvalue weighted by Crippen LogP contribution is 2.39. The van der Waals surface area contributed by atoms with Gasteiger partial charge in [0.05, 0.1) is 13.8 Å². The van der Waals surface area contributed by atoms with Crippen molar-refractivity contribution in [2.75, 3.05) is 0 Å². The number of aromatic nitrogens is 1. The molecule has 0 aliphatic carbocycles. The Labute approximate surface area is 141 Å². The molecule has 0 bridgehead atoms. The number of nitrogens with zero attached hydrogens (tertiary/aromatic N) is 1. The van der Waals surface area contributed by atoms with Crippen molar-refractivity contribution in [1.82, 2.24) is 4.98 Å². The lowest BCUT2D eigenvalue weighted by Gasteiger charge is -2.18. The van der Waals surface area contributed by atoms with Crippen molar-refractivity contribution in [2.45, 2.75) is 19.6 Å². The number of rotatable bonds is 2. The number of pyridine rings is 1. The standard InChI is InChI=1S/C20H19NSSi/c1-23(2,3)18-12-7-11-17-19(18)15-9-6-8-14(20(15)22-17)16-10-4-5-13-21-16/h4-13H,1-3H3. The quantitative estimate of drug-likeness (QED) is 0.431. The Balaban J connectivity index is 2.12. The van der Waals surface area contributed by atoms with Gasteiger partial charge in [0, 0.05) is 26.5 Å². The molecule has 2 aromatic carbocycles. The van der Waals surface area contributed by atoms with Gasteiger partial charge in [0.1, 0.15) is 0 Å². The van der Waals surface area contributed by atoms with Crippen LogP contribution in [-0.2, 0) is 0 Å². The van der Waals surface area contributed by atoms with E-state index in [0.717, 1.165) is 5.69 Å². The predicted molar refractivity (Wildman–Crippen MR) is 106 cm³/mol. The lowest BCUT2D eigenvalue weighted by atomic mass is 10.1. The monoisotopic (exact) mass is 333 g/mol. The summed E-state index contributed by atoms with van der Waals surface area (Å²) >= 11 is 1.90. The van der Waals surface area contributed by atoms with Gasteiger partial charge in [-0.25, -0.2) is 0 Å². The van der Waals surface area contributed by atoms with Crippen LogP contribution in [0.15, 0.2) is 60.8 Å². The minimum absolute atomic E-state index is 1.05. The van der Waals surface area contributed by atoms with Crippen LogP contribution < -0.4 is 5.19 Å². The number of thiophene rings is 1. The Morgan fingerprint density at radius 3 is 2.43 bits per heavy atom. The normalized spacial score (nSPS) is 12.1. The first-order valence-electron chi connectivity index (χ1n) is 7.92. The average Bonchev–Trinajstić information content (AvgIpc) is 2.93. The van der Waals surface area contributed by atoms with E-state index in [0.29, 0.717) is 0 Å². The Morgan fingerprint density at radius 2 is 1.70 bits per heavy atom. The second-order valence-corrected chi connectivity index (χ2v) is 13.0. The van der Waals surface area contributed by atoms with Crippen LogP contribution in [0.3, 0.4) is 0 Å². The van der Waals surface area contributed by atoms with Crippen molar-refractivity contribution >= 4 is 44.8 Å². The predicted octanol–water partition coefficient (Wildman–Crippen LogP) is 5.66. The van der Waals surface area contributed by atoms with Gasteiger partial charge in [-0.3, -0.25) is 4.98 Å². The van der Waals surface area contributed by atoms with E-state index in [1.54, 1.807) is 5.19 Å². The third-order valence-corrected chi connectivity index (χ3v) is 7.51. The minimum Gasteiger partial charge on any atom is -0.256 e. The third-order valence-electron chi connectivity index (χ3n) is 4.27. The molecular formula is C20H19NSSi. The van der Waals surface area contributed by atoms with Crippen LogP contribution >= 0.6 is 11.3 Å². The van der Waals surface area contributed by atoms with E-state index in [2.05, 4.69) is 73.2 Å². The zero-order valence-electron chi connectivity index (χ0n) is 13.6. The van der Waals surface area contributed by atoms with Gasteiger partial charge in [-0.1, -0.05) is 61.2 Å². The molecule has 0 unspecified atom stereocenters. The Kier molecular flexibility index (Phi) is 3.36. The molecule has 0 saturated heterocycles. The van der Waals surface area contributed by atoms with Crippen molar-refractivity contribution in [3.05, 3.63) is 60.8 Å². The van der Waals surface area contributed by atoms with Gasteiger partial charge < -0.3 is 0 Å². The van der Waals surface area contributed by atoms with E-state index in [1.165, 1.54) is 25.7 Å². The molecule has 114 valence electrons. The van der Waals surface area contributed by atoms with Crippen LogP contribution in [0.2, 0.25) is 19.6 Å². The van der Waals surface area contributed by atoms with Crippen molar-refractivity contribution in [2.24, 2.45) is 0 Å². The molecule has 1 nitrogen and oxygen atoms in total. The maximum atomic E-state index is 4.56.